The van der Waals surface area contributed by atoms with Gasteiger partial charge in [-0.1, -0.05) is 26.3 Å². The molecule has 0 unspecified atom stereocenters. The molecule has 3 aliphatic heterocycles. The molecule has 3 aliphatic rings. The standard InChI is InChI=1S/C27H41NO4/c1-19(2)7-5-12-26(3)22-16-27(13-6-14-28-17-27)18-31-25(22)21-15-20(8-10-23(21)32-26)9-11-24(29)30-4/h8,10,15,19,22,25,28H,5-7,9,11-14,16-18H2,1-4H3/t22-,25+,26-,27-/m1/s1. The molecule has 0 bridgehead atoms. The number of aryl methyl sites for hydroxylation is 1. The first-order valence-corrected chi connectivity index (χ1v) is 12.6. The summed E-state index contributed by atoms with van der Waals surface area (Å²) in [6, 6.07) is 6.39. The fourth-order valence-corrected chi connectivity index (χ4v) is 6.03. The Balaban J connectivity index is 1.60. The minimum Gasteiger partial charge on any atom is -0.487 e. The summed E-state index contributed by atoms with van der Waals surface area (Å²) in [6.07, 6.45) is 8.20. The SMILES string of the molecule is COC(=O)CCc1ccc2c(c1)[C@@H]1OC[C@]3(CCCNC3)C[C@H]1[C@@](C)(CCCC(C)C)O2. The van der Waals surface area contributed by atoms with Crippen LogP contribution in [0.5, 0.6) is 5.75 Å². The number of benzene rings is 1. The topological polar surface area (TPSA) is 56.8 Å². The number of hydrogen-bond donors (Lipinski definition) is 1. The summed E-state index contributed by atoms with van der Waals surface area (Å²) in [5.74, 6) is 1.83. The van der Waals surface area contributed by atoms with Crippen LogP contribution in [0.1, 0.15) is 82.9 Å². The molecule has 5 heteroatoms. The van der Waals surface area contributed by atoms with E-state index in [2.05, 4.69) is 44.3 Å². The van der Waals surface area contributed by atoms with Crippen molar-refractivity contribution in [2.75, 3.05) is 26.8 Å². The first-order valence-electron chi connectivity index (χ1n) is 12.6. The van der Waals surface area contributed by atoms with Crippen LogP contribution in [-0.4, -0.2) is 38.4 Å². The Morgan fingerprint density at radius 1 is 1.34 bits per heavy atom. The largest absolute Gasteiger partial charge is 0.487 e. The van der Waals surface area contributed by atoms with Crippen LogP contribution < -0.4 is 10.1 Å². The Morgan fingerprint density at radius 2 is 2.19 bits per heavy atom. The van der Waals surface area contributed by atoms with E-state index < -0.39 is 0 Å². The number of nitrogens with one attached hydrogen (secondary N) is 1. The third kappa shape index (κ3) is 4.99. The number of rotatable bonds is 7. The molecular formula is C27H41NO4. The second-order valence-corrected chi connectivity index (χ2v) is 11.0. The second kappa shape index (κ2) is 9.72. The van der Waals surface area contributed by atoms with Crippen molar-refractivity contribution in [2.24, 2.45) is 17.3 Å². The maximum absolute atomic E-state index is 11.6. The van der Waals surface area contributed by atoms with Gasteiger partial charge >= 0.3 is 5.97 Å². The average Bonchev–Trinajstić information content (AvgIpc) is 2.78. The molecule has 1 aromatic carbocycles. The van der Waals surface area contributed by atoms with E-state index in [0.717, 1.165) is 49.4 Å². The van der Waals surface area contributed by atoms with Crippen LogP contribution in [0.4, 0.5) is 0 Å². The molecule has 5 nitrogen and oxygen atoms in total. The van der Waals surface area contributed by atoms with Gasteiger partial charge in [-0.25, -0.2) is 0 Å². The van der Waals surface area contributed by atoms with Gasteiger partial charge in [0.2, 0.25) is 0 Å². The Kier molecular flexibility index (Phi) is 7.16. The van der Waals surface area contributed by atoms with Gasteiger partial charge in [-0.2, -0.15) is 0 Å². The van der Waals surface area contributed by atoms with Crippen molar-refractivity contribution in [3.8, 4) is 5.75 Å². The van der Waals surface area contributed by atoms with Gasteiger partial charge in [0, 0.05) is 29.9 Å². The molecule has 0 aromatic heterocycles. The Hall–Kier alpha value is -1.59. The molecule has 1 spiro atoms. The molecule has 2 fully saturated rings. The zero-order valence-electron chi connectivity index (χ0n) is 20.4. The molecule has 0 radical (unpaired) electrons. The number of methoxy groups -OCH3 is 1. The normalized spacial score (nSPS) is 31.7. The second-order valence-electron chi connectivity index (χ2n) is 11.0. The highest BCUT2D eigenvalue weighted by Gasteiger charge is 2.53. The average molecular weight is 444 g/mol. The zero-order valence-corrected chi connectivity index (χ0v) is 20.4. The van der Waals surface area contributed by atoms with Crippen molar-refractivity contribution >= 4 is 5.97 Å². The molecule has 4 rings (SSSR count). The van der Waals surface area contributed by atoms with Gasteiger partial charge in [-0.05, 0) is 75.6 Å². The Bertz CT molecular complexity index is 801. The fourth-order valence-electron chi connectivity index (χ4n) is 6.03. The van der Waals surface area contributed by atoms with Crippen molar-refractivity contribution in [3.05, 3.63) is 29.3 Å². The molecule has 0 aliphatic carbocycles. The number of carbonyl (C=O) groups excluding carboxylic acids is 1. The van der Waals surface area contributed by atoms with E-state index in [9.17, 15) is 4.79 Å². The maximum Gasteiger partial charge on any atom is 0.305 e. The molecule has 178 valence electrons. The molecule has 32 heavy (non-hydrogen) atoms. The quantitative estimate of drug-likeness (QED) is 0.586. The van der Waals surface area contributed by atoms with Crippen LogP contribution in [0, 0.1) is 17.3 Å². The van der Waals surface area contributed by atoms with Gasteiger partial charge in [-0.3, -0.25) is 4.79 Å². The van der Waals surface area contributed by atoms with Crippen LogP contribution in [-0.2, 0) is 20.7 Å². The highest BCUT2D eigenvalue weighted by molar-refractivity contribution is 5.69. The lowest BCUT2D eigenvalue weighted by atomic mass is 9.64. The van der Waals surface area contributed by atoms with Gasteiger partial charge in [0.1, 0.15) is 11.4 Å². The third-order valence-corrected chi connectivity index (χ3v) is 7.96. The highest BCUT2D eigenvalue weighted by atomic mass is 16.5. The monoisotopic (exact) mass is 443 g/mol. The van der Waals surface area contributed by atoms with E-state index in [-0.39, 0.29) is 23.1 Å². The molecule has 1 N–H and O–H groups in total. The first kappa shape index (κ1) is 23.6. The third-order valence-electron chi connectivity index (χ3n) is 7.96. The van der Waals surface area contributed by atoms with Crippen LogP contribution in [0.15, 0.2) is 18.2 Å². The van der Waals surface area contributed by atoms with E-state index in [0.29, 0.717) is 24.7 Å². The zero-order chi connectivity index (χ0) is 22.8. The summed E-state index contributed by atoms with van der Waals surface area (Å²) in [5, 5.41) is 3.62. The predicted molar refractivity (Wildman–Crippen MR) is 126 cm³/mol. The molecule has 0 saturated carbocycles. The van der Waals surface area contributed by atoms with Gasteiger partial charge < -0.3 is 19.5 Å². The summed E-state index contributed by atoms with van der Waals surface area (Å²) in [7, 11) is 1.44. The molecular weight excluding hydrogens is 402 g/mol. The number of ether oxygens (including phenoxy) is 3. The minimum absolute atomic E-state index is 0.0634. The van der Waals surface area contributed by atoms with E-state index in [1.54, 1.807) is 0 Å². The molecule has 1 aromatic rings. The Morgan fingerprint density at radius 3 is 2.91 bits per heavy atom. The number of piperidine rings is 1. The molecule has 3 heterocycles. The van der Waals surface area contributed by atoms with Crippen LogP contribution in [0.2, 0.25) is 0 Å². The van der Waals surface area contributed by atoms with Gasteiger partial charge in [-0.15, -0.1) is 0 Å². The van der Waals surface area contributed by atoms with Crippen molar-refractivity contribution in [1.82, 2.24) is 5.32 Å². The highest BCUT2D eigenvalue weighted by Crippen LogP contribution is 2.55. The number of esters is 1. The molecule has 4 atom stereocenters. The lowest BCUT2D eigenvalue weighted by Crippen LogP contribution is -2.56. The summed E-state index contributed by atoms with van der Waals surface area (Å²) in [5.41, 5.74) is 2.31. The number of hydrogen-bond acceptors (Lipinski definition) is 5. The predicted octanol–water partition coefficient (Wildman–Crippen LogP) is 5.22. The van der Waals surface area contributed by atoms with E-state index in [4.69, 9.17) is 14.2 Å². The van der Waals surface area contributed by atoms with Crippen molar-refractivity contribution in [2.45, 2.75) is 83.8 Å². The smallest absolute Gasteiger partial charge is 0.305 e. The van der Waals surface area contributed by atoms with Crippen molar-refractivity contribution in [3.63, 3.8) is 0 Å². The van der Waals surface area contributed by atoms with E-state index in [1.165, 1.54) is 32.8 Å². The minimum atomic E-state index is -0.217. The number of carbonyl (C=O) groups is 1. The summed E-state index contributed by atoms with van der Waals surface area (Å²) in [6.45, 7) is 9.89. The number of fused-ring (bicyclic) bond motifs is 3. The van der Waals surface area contributed by atoms with Gasteiger partial charge in [0.15, 0.2) is 0 Å². The fraction of sp³-hybridized carbons (Fsp3) is 0.741. The molecule has 2 saturated heterocycles. The van der Waals surface area contributed by atoms with Crippen LogP contribution in [0.3, 0.4) is 0 Å². The van der Waals surface area contributed by atoms with Gasteiger partial charge in [0.05, 0.1) is 19.8 Å². The van der Waals surface area contributed by atoms with Crippen molar-refractivity contribution < 1.29 is 19.0 Å². The first-order chi connectivity index (χ1) is 15.3. The van der Waals surface area contributed by atoms with Crippen LogP contribution in [0.25, 0.3) is 0 Å². The van der Waals surface area contributed by atoms with Crippen LogP contribution >= 0.6 is 0 Å². The van der Waals surface area contributed by atoms with Crippen molar-refractivity contribution in [1.29, 1.82) is 0 Å². The van der Waals surface area contributed by atoms with Gasteiger partial charge in [0.25, 0.3) is 0 Å². The van der Waals surface area contributed by atoms with E-state index in [1.807, 2.05) is 0 Å². The maximum atomic E-state index is 11.6. The van der Waals surface area contributed by atoms with E-state index >= 15 is 0 Å². The molecule has 0 amide bonds. The lowest BCUT2D eigenvalue weighted by Gasteiger charge is -2.54. The summed E-state index contributed by atoms with van der Waals surface area (Å²) >= 11 is 0. The summed E-state index contributed by atoms with van der Waals surface area (Å²) < 4.78 is 18.4. The summed E-state index contributed by atoms with van der Waals surface area (Å²) in [4.78, 5) is 11.6. The lowest BCUT2D eigenvalue weighted by molar-refractivity contribution is -0.174. The Labute approximate surface area is 193 Å².